The van der Waals surface area contributed by atoms with Gasteiger partial charge in [-0.3, -0.25) is 4.21 Å². The van der Waals surface area contributed by atoms with E-state index in [4.69, 9.17) is 0 Å². The third-order valence-electron chi connectivity index (χ3n) is 4.28. The van der Waals surface area contributed by atoms with Crippen LogP contribution in [0.4, 0.5) is 10.5 Å². The van der Waals surface area contributed by atoms with E-state index in [1.165, 1.54) is 0 Å². The van der Waals surface area contributed by atoms with Crippen molar-refractivity contribution < 1.29 is 9.00 Å². The van der Waals surface area contributed by atoms with Gasteiger partial charge in [0.2, 0.25) is 0 Å². The molecule has 0 radical (unpaired) electrons. The third kappa shape index (κ3) is 3.11. The number of piperidine rings is 1. The van der Waals surface area contributed by atoms with Gasteiger partial charge in [0.15, 0.2) is 0 Å². The molecule has 3 rings (SSSR count). The van der Waals surface area contributed by atoms with Gasteiger partial charge in [0.25, 0.3) is 0 Å². The Bertz CT molecular complexity index is 570. The molecule has 2 N–H and O–H groups in total. The first kappa shape index (κ1) is 14.5. The first-order chi connectivity index (χ1) is 10.1. The zero-order valence-electron chi connectivity index (χ0n) is 12.2. The van der Waals surface area contributed by atoms with Gasteiger partial charge >= 0.3 is 6.03 Å². The Morgan fingerprint density at radius 3 is 2.76 bits per heavy atom. The molecule has 0 aliphatic carbocycles. The Hall–Kier alpha value is -1.40. The highest BCUT2D eigenvalue weighted by Gasteiger charge is 2.28. The molecule has 5 nitrogen and oxygen atoms in total. The Labute approximate surface area is 127 Å². The van der Waals surface area contributed by atoms with Crippen LogP contribution in [0.25, 0.3) is 0 Å². The van der Waals surface area contributed by atoms with E-state index in [0.717, 1.165) is 55.0 Å². The average molecular weight is 307 g/mol. The highest BCUT2D eigenvalue weighted by Crippen LogP contribution is 2.25. The number of hydrogen-bond donors (Lipinski definition) is 2. The van der Waals surface area contributed by atoms with Gasteiger partial charge < -0.3 is 15.5 Å². The zero-order chi connectivity index (χ0) is 14.8. The van der Waals surface area contributed by atoms with Gasteiger partial charge in [0.05, 0.1) is 0 Å². The van der Waals surface area contributed by atoms with Gasteiger partial charge in [-0.1, -0.05) is 0 Å². The second-order valence-electron chi connectivity index (χ2n) is 5.63. The number of nitrogens with one attached hydrogen (secondary N) is 2. The lowest BCUT2D eigenvalue weighted by Gasteiger charge is -2.33. The first-order valence-electron chi connectivity index (χ1n) is 7.40. The molecule has 1 atom stereocenters. The van der Waals surface area contributed by atoms with E-state index in [-0.39, 0.29) is 6.03 Å². The van der Waals surface area contributed by atoms with Crippen LogP contribution in [0.5, 0.6) is 0 Å². The molecule has 2 aliphatic rings. The number of urea groups is 1. The lowest BCUT2D eigenvalue weighted by Crippen LogP contribution is -2.47. The van der Waals surface area contributed by atoms with Crippen molar-refractivity contribution in [3.8, 4) is 0 Å². The average Bonchev–Trinajstić information content (AvgIpc) is 2.65. The number of carbonyl (C=O) groups excluding carboxylic acids is 1. The molecular formula is C15H21N3O2S. The summed E-state index contributed by atoms with van der Waals surface area (Å²) in [5.41, 5.74) is 1.93. The summed E-state index contributed by atoms with van der Waals surface area (Å²) >= 11 is 0. The number of fused-ring (bicyclic) bond motifs is 1. The fourth-order valence-corrected chi connectivity index (χ4v) is 3.64. The summed E-state index contributed by atoms with van der Waals surface area (Å²) in [4.78, 5) is 15.2. The monoisotopic (exact) mass is 307 g/mol. The highest BCUT2D eigenvalue weighted by molar-refractivity contribution is 7.84. The maximum Gasteiger partial charge on any atom is 0.322 e. The maximum atomic E-state index is 12.4. The van der Waals surface area contributed by atoms with Crippen molar-refractivity contribution in [2.45, 2.75) is 30.2 Å². The lowest BCUT2D eigenvalue weighted by molar-refractivity contribution is 0.173. The number of nitrogens with zero attached hydrogens (tertiary/aromatic N) is 1. The minimum Gasteiger partial charge on any atom is -0.321 e. The standard InChI is InChI=1S/C15H21N3O2S/c1-21(20)13-2-3-14-11(10-13)6-9-18(15(19)17-14)12-4-7-16-8-5-12/h2-3,10,12,16H,4-9H2,1H3,(H,17,19). The molecule has 1 aromatic rings. The van der Waals surface area contributed by atoms with Crippen LogP contribution in [0.1, 0.15) is 18.4 Å². The van der Waals surface area contributed by atoms with Crippen LogP contribution in [0, 0.1) is 0 Å². The molecule has 1 fully saturated rings. The molecule has 0 aromatic heterocycles. The van der Waals surface area contributed by atoms with Crippen molar-refractivity contribution >= 4 is 22.5 Å². The van der Waals surface area contributed by atoms with Crippen molar-refractivity contribution in [3.05, 3.63) is 23.8 Å². The molecule has 1 aromatic carbocycles. The Morgan fingerprint density at radius 2 is 2.05 bits per heavy atom. The minimum atomic E-state index is -0.989. The highest BCUT2D eigenvalue weighted by atomic mass is 32.2. The molecule has 6 heteroatoms. The molecule has 2 aliphatic heterocycles. The van der Waals surface area contributed by atoms with Gasteiger partial charge in [-0.25, -0.2) is 4.79 Å². The Balaban J connectivity index is 1.81. The molecule has 0 bridgehead atoms. The fraction of sp³-hybridized carbons (Fsp3) is 0.533. The number of rotatable bonds is 2. The largest absolute Gasteiger partial charge is 0.322 e. The molecule has 2 amide bonds. The van der Waals surface area contributed by atoms with Crippen molar-refractivity contribution in [1.82, 2.24) is 10.2 Å². The van der Waals surface area contributed by atoms with Crippen LogP contribution in [-0.2, 0) is 17.2 Å². The lowest BCUT2D eigenvalue weighted by atomic mass is 10.0. The Kier molecular flexibility index (Phi) is 4.26. The summed E-state index contributed by atoms with van der Waals surface area (Å²) < 4.78 is 11.6. The van der Waals surface area contributed by atoms with Gasteiger partial charge in [-0.05, 0) is 56.1 Å². The fourth-order valence-electron chi connectivity index (χ4n) is 3.07. The van der Waals surface area contributed by atoms with E-state index in [9.17, 15) is 9.00 Å². The quantitative estimate of drug-likeness (QED) is 0.872. The molecule has 1 saturated heterocycles. The van der Waals surface area contributed by atoms with Crippen molar-refractivity contribution in [3.63, 3.8) is 0 Å². The molecular weight excluding hydrogens is 286 g/mol. The maximum absolute atomic E-state index is 12.4. The predicted molar refractivity (Wildman–Crippen MR) is 84.1 cm³/mol. The van der Waals surface area contributed by atoms with E-state index in [0.29, 0.717) is 6.04 Å². The van der Waals surface area contributed by atoms with Crippen LogP contribution in [-0.4, -0.2) is 47.1 Å². The third-order valence-corrected chi connectivity index (χ3v) is 5.20. The number of carbonyl (C=O) groups is 1. The van der Waals surface area contributed by atoms with Crippen molar-refractivity contribution in [2.75, 3.05) is 31.2 Å². The molecule has 0 spiro atoms. The second kappa shape index (κ2) is 6.15. The van der Waals surface area contributed by atoms with Crippen LogP contribution < -0.4 is 10.6 Å². The zero-order valence-corrected chi connectivity index (χ0v) is 13.0. The van der Waals surface area contributed by atoms with E-state index in [1.807, 2.05) is 23.1 Å². The van der Waals surface area contributed by atoms with E-state index in [2.05, 4.69) is 10.6 Å². The topological polar surface area (TPSA) is 61.4 Å². The van der Waals surface area contributed by atoms with Gasteiger partial charge in [0, 0.05) is 40.2 Å². The van der Waals surface area contributed by atoms with Gasteiger partial charge in [-0.2, -0.15) is 0 Å². The molecule has 2 heterocycles. The van der Waals surface area contributed by atoms with Gasteiger partial charge in [-0.15, -0.1) is 0 Å². The smallest absolute Gasteiger partial charge is 0.321 e. The number of anilines is 1. The molecule has 0 saturated carbocycles. The summed E-state index contributed by atoms with van der Waals surface area (Å²) in [6.07, 6.45) is 4.50. The predicted octanol–water partition coefficient (Wildman–Crippen LogP) is 1.57. The van der Waals surface area contributed by atoms with Crippen molar-refractivity contribution in [2.24, 2.45) is 0 Å². The Morgan fingerprint density at radius 1 is 1.29 bits per heavy atom. The minimum absolute atomic E-state index is 0.00831. The molecule has 21 heavy (non-hydrogen) atoms. The summed E-state index contributed by atoms with van der Waals surface area (Å²) in [6.45, 7) is 2.67. The summed E-state index contributed by atoms with van der Waals surface area (Å²) in [7, 11) is -0.989. The van der Waals surface area contributed by atoms with E-state index in [1.54, 1.807) is 6.26 Å². The molecule has 1 unspecified atom stereocenters. The van der Waals surface area contributed by atoms with Crippen LogP contribution in [0.3, 0.4) is 0 Å². The molecule has 114 valence electrons. The number of hydrogen-bond acceptors (Lipinski definition) is 3. The number of amides is 2. The SMILES string of the molecule is CS(=O)c1ccc2c(c1)CCN(C1CCNCC1)C(=O)N2. The van der Waals surface area contributed by atoms with Crippen molar-refractivity contribution in [1.29, 1.82) is 0 Å². The van der Waals surface area contributed by atoms with Crippen LogP contribution in [0.15, 0.2) is 23.1 Å². The van der Waals surface area contributed by atoms with E-state index < -0.39 is 10.8 Å². The normalized spacial score (nSPS) is 21.4. The number of benzene rings is 1. The van der Waals surface area contributed by atoms with E-state index >= 15 is 0 Å². The summed E-state index contributed by atoms with van der Waals surface area (Å²) in [5, 5.41) is 6.33. The summed E-state index contributed by atoms with van der Waals surface area (Å²) in [5.74, 6) is 0. The van der Waals surface area contributed by atoms with Crippen LogP contribution in [0.2, 0.25) is 0 Å². The summed E-state index contributed by atoms with van der Waals surface area (Å²) in [6, 6.07) is 5.97. The second-order valence-corrected chi connectivity index (χ2v) is 7.01. The van der Waals surface area contributed by atoms with Crippen LogP contribution >= 0.6 is 0 Å². The first-order valence-corrected chi connectivity index (χ1v) is 8.95. The van der Waals surface area contributed by atoms with Gasteiger partial charge in [0.1, 0.15) is 0 Å².